The van der Waals surface area contributed by atoms with Crippen LogP contribution >= 0.6 is 0 Å². The van der Waals surface area contributed by atoms with Crippen LogP contribution in [0.25, 0.3) is 0 Å². The van der Waals surface area contributed by atoms with Crippen molar-refractivity contribution in [3.05, 3.63) is 23.8 Å². The summed E-state index contributed by atoms with van der Waals surface area (Å²) in [7, 11) is -0.910. The molecule has 2 atom stereocenters. The minimum atomic E-state index is -1.25. The van der Waals surface area contributed by atoms with Crippen LogP contribution in [-0.4, -0.2) is 44.5 Å². The maximum absolute atomic E-state index is 11.7. The van der Waals surface area contributed by atoms with E-state index in [9.17, 15) is 18.9 Å². The normalized spacial score (nSPS) is 13.2. The molecule has 2 amide bonds. The molecule has 7 nitrogen and oxygen atoms in total. The summed E-state index contributed by atoms with van der Waals surface area (Å²) in [6, 6.07) is 3.12. The Morgan fingerprint density at radius 2 is 2.05 bits per heavy atom. The van der Waals surface area contributed by atoms with Crippen molar-refractivity contribution in [3.63, 3.8) is 0 Å². The van der Waals surface area contributed by atoms with E-state index in [1.54, 1.807) is 13.2 Å². The van der Waals surface area contributed by atoms with Crippen molar-refractivity contribution >= 4 is 28.5 Å². The summed E-state index contributed by atoms with van der Waals surface area (Å²) in [5.74, 6) is -1.17. The third-order valence-electron chi connectivity index (χ3n) is 2.70. The van der Waals surface area contributed by atoms with Gasteiger partial charge in [-0.25, -0.2) is 9.59 Å². The lowest BCUT2D eigenvalue weighted by Gasteiger charge is -2.14. The largest absolute Gasteiger partial charge is 0.507 e. The van der Waals surface area contributed by atoms with Gasteiger partial charge in [-0.05, 0) is 25.5 Å². The summed E-state index contributed by atoms with van der Waals surface area (Å²) in [4.78, 5) is 22.4. The molecule has 0 saturated carbocycles. The molecule has 0 radical (unpaired) electrons. The summed E-state index contributed by atoms with van der Waals surface area (Å²) in [5, 5.41) is 23.4. The highest BCUT2D eigenvalue weighted by Crippen LogP contribution is 2.21. The van der Waals surface area contributed by atoms with Gasteiger partial charge in [-0.3, -0.25) is 4.21 Å². The Morgan fingerprint density at radius 3 is 2.57 bits per heavy atom. The highest BCUT2D eigenvalue weighted by Gasteiger charge is 2.12. The average Bonchev–Trinajstić information content (AvgIpc) is 2.35. The van der Waals surface area contributed by atoms with E-state index in [1.807, 2.05) is 0 Å². The lowest BCUT2D eigenvalue weighted by molar-refractivity contribution is 0.0693. The average molecular weight is 314 g/mol. The molecule has 0 fully saturated rings. The van der Waals surface area contributed by atoms with Crippen molar-refractivity contribution in [1.82, 2.24) is 5.32 Å². The molecule has 0 bridgehead atoms. The number of urea groups is 1. The van der Waals surface area contributed by atoms with E-state index < -0.39 is 28.5 Å². The minimum Gasteiger partial charge on any atom is -0.507 e. The number of benzene rings is 1. The van der Waals surface area contributed by atoms with Crippen molar-refractivity contribution < 1.29 is 24.0 Å². The van der Waals surface area contributed by atoms with Crippen LogP contribution in [0.1, 0.15) is 23.7 Å². The molecular weight excluding hydrogens is 296 g/mol. The summed E-state index contributed by atoms with van der Waals surface area (Å²) < 4.78 is 11.0. The maximum atomic E-state index is 11.7. The molecule has 0 spiro atoms. The number of aromatic hydroxyl groups is 1. The zero-order valence-corrected chi connectivity index (χ0v) is 12.6. The molecule has 0 aliphatic rings. The smallest absolute Gasteiger partial charge is 0.339 e. The lowest BCUT2D eigenvalue weighted by Crippen LogP contribution is -2.36. The topological polar surface area (TPSA) is 116 Å². The van der Waals surface area contributed by atoms with Crippen molar-refractivity contribution in [2.45, 2.75) is 19.4 Å². The predicted octanol–water partition coefficient (Wildman–Crippen LogP) is 1.37. The molecule has 4 N–H and O–H groups in total. The van der Waals surface area contributed by atoms with Gasteiger partial charge in [-0.2, -0.15) is 0 Å². The molecule has 1 aromatic carbocycles. The minimum absolute atomic E-state index is 0.152. The van der Waals surface area contributed by atoms with E-state index in [4.69, 9.17) is 5.11 Å². The third kappa shape index (κ3) is 5.82. The van der Waals surface area contributed by atoms with Crippen molar-refractivity contribution in [3.8, 4) is 5.75 Å². The number of carbonyl (C=O) groups is 2. The van der Waals surface area contributed by atoms with E-state index in [1.165, 1.54) is 12.1 Å². The number of nitrogens with one attached hydrogen (secondary N) is 2. The number of hydrogen-bond acceptors (Lipinski definition) is 4. The Labute approximate surface area is 124 Å². The second-order valence-electron chi connectivity index (χ2n) is 4.60. The molecule has 116 valence electrons. The number of amides is 2. The number of carbonyl (C=O) groups excluding carboxylic acids is 1. The molecule has 0 aliphatic heterocycles. The van der Waals surface area contributed by atoms with Gasteiger partial charge in [0.15, 0.2) is 0 Å². The highest BCUT2D eigenvalue weighted by molar-refractivity contribution is 7.84. The number of phenols is 1. The summed E-state index contributed by atoms with van der Waals surface area (Å²) in [6.45, 7) is 1.79. The van der Waals surface area contributed by atoms with Gasteiger partial charge in [-0.1, -0.05) is 0 Å². The Balaban J connectivity index is 2.57. The predicted molar refractivity (Wildman–Crippen MR) is 80.2 cm³/mol. The van der Waals surface area contributed by atoms with E-state index in [0.29, 0.717) is 12.2 Å². The van der Waals surface area contributed by atoms with Crippen molar-refractivity contribution in [2.24, 2.45) is 0 Å². The fourth-order valence-corrected chi connectivity index (χ4v) is 2.28. The van der Waals surface area contributed by atoms with Crippen LogP contribution in [0.15, 0.2) is 18.2 Å². The monoisotopic (exact) mass is 314 g/mol. The van der Waals surface area contributed by atoms with Crippen LogP contribution in [0.4, 0.5) is 10.5 Å². The number of aromatic carboxylic acids is 1. The second kappa shape index (κ2) is 7.63. The number of carboxylic acid groups (broad SMARTS) is 1. The van der Waals surface area contributed by atoms with Crippen LogP contribution in [0.2, 0.25) is 0 Å². The SMILES string of the molecule is CC(CCS(C)=O)NC(=O)Nc1ccc(C(=O)O)c(O)c1. The molecular formula is C13H18N2O5S. The Hall–Kier alpha value is -2.09. The van der Waals surface area contributed by atoms with E-state index in [2.05, 4.69) is 10.6 Å². The quantitative estimate of drug-likeness (QED) is 0.633. The van der Waals surface area contributed by atoms with Gasteiger partial charge in [-0.15, -0.1) is 0 Å². The zero-order valence-electron chi connectivity index (χ0n) is 11.8. The van der Waals surface area contributed by atoms with E-state index in [0.717, 1.165) is 6.07 Å². The van der Waals surface area contributed by atoms with Crippen molar-refractivity contribution in [1.29, 1.82) is 0 Å². The highest BCUT2D eigenvalue weighted by atomic mass is 32.2. The standard InChI is InChI=1S/C13H18N2O5S/c1-8(5-6-21(2)20)14-13(19)15-9-3-4-10(12(17)18)11(16)7-9/h3-4,7-8,16H,5-6H2,1-2H3,(H,17,18)(H2,14,15,19). The molecule has 1 rings (SSSR count). The molecule has 0 heterocycles. The van der Waals surface area contributed by atoms with E-state index >= 15 is 0 Å². The van der Waals surface area contributed by atoms with Crippen molar-refractivity contribution in [2.75, 3.05) is 17.3 Å². The van der Waals surface area contributed by atoms with Crippen LogP contribution in [-0.2, 0) is 10.8 Å². The van der Waals surface area contributed by atoms with E-state index in [-0.39, 0.29) is 17.3 Å². The Kier molecular flexibility index (Phi) is 6.16. The third-order valence-corrected chi connectivity index (χ3v) is 3.51. The lowest BCUT2D eigenvalue weighted by atomic mass is 10.2. The zero-order chi connectivity index (χ0) is 16.0. The molecule has 1 aromatic rings. The molecule has 2 unspecified atom stereocenters. The first-order valence-corrected chi connectivity index (χ1v) is 7.96. The first-order valence-electron chi connectivity index (χ1n) is 6.23. The molecule has 0 saturated heterocycles. The fourth-order valence-electron chi connectivity index (χ4n) is 1.60. The van der Waals surface area contributed by atoms with Crippen LogP contribution < -0.4 is 10.6 Å². The van der Waals surface area contributed by atoms with Gasteiger partial charge in [0.2, 0.25) is 0 Å². The maximum Gasteiger partial charge on any atom is 0.339 e. The molecule has 8 heteroatoms. The number of rotatable bonds is 6. The van der Waals surface area contributed by atoms with Gasteiger partial charge < -0.3 is 20.8 Å². The summed E-state index contributed by atoms with van der Waals surface area (Å²) in [5.41, 5.74) is 0.0426. The van der Waals surface area contributed by atoms with Gasteiger partial charge in [0.05, 0.1) is 0 Å². The Bertz CT molecular complexity index is 561. The first-order chi connectivity index (χ1) is 9.79. The molecule has 0 aromatic heterocycles. The fraction of sp³-hybridized carbons (Fsp3) is 0.385. The summed E-state index contributed by atoms with van der Waals surface area (Å²) in [6.07, 6.45) is 2.18. The van der Waals surface area contributed by atoms with Crippen LogP contribution in [0.3, 0.4) is 0 Å². The van der Waals surface area contributed by atoms with Crippen LogP contribution in [0.5, 0.6) is 5.75 Å². The Morgan fingerprint density at radius 1 is 1.38 bits per heavy atom. The number of anilines is 1. The molecule has 21 heavy (non-hydrogen) atoms. The molecule has 0 aliphatic carbocycles. The first kappa shape index (κ1) is 17.0. The van der Waals surface area contributed by atoms with Gasteiger partial charge >= 0.3 is 12.0 Å². The van der Waals surface area contributed by atoms with Crippen LogP contribution in [0, 0.1) is 0 Å². The van der Waals surface area contributed by atoms with Gasteiger partial charge in [0, 0.05) is 40.6 Å². The second-order valence-corrected chi connectivity index (χ2v) is 6.16. The number of hydrogen-bond donors (Lipinski definition) is 4. The number of carboxylic acids is 1. The van der Waals surface area contributed by atoms with Gasteiger partial charge in [0.25, 0.3) is 0 Å². The summed E-state index contributed by atoms with van der Waals surface area (Å²) >= 11 is 0. The van der Waals surface area contributed by atoms with Gasteiger partial charge in [0.1, 0.15) is 11.3 Å².